The van der Waals surface area contributed by atoms with Gasteiger partial charge in [0, 0.05) is 18.7 Å². The third kappa shape index (κ3) is 13.8. The molecule has 0 aliphatic rings. The number of aromatic nitrogens is 1. The number of esters is 1. The van der Waals surface area contributed by atoms with E-state index in [1.807, 2.05) is 19.2 Å². The first-order valence-electron chi connectivity index (χ1n) is 11.6. The summed E-state index contributed by atoms with van der Waals surface area (Å²) in [4.78, 5) is 47.9. The zero-order chi connectivity index (χ0) is 27.0. The Morgan fingerprint density at radius 3 is 2.11 bits per heavy atom. The highest BCUT2D eigenvalue weighted by Crippen LogP contribution is 2.10. The van der Waals surface area contributed by atoms with Crippen molar-refractivity contribution in [3.63, 3.8) is 0 Å². The molecule has 0 fully saturated rings. The van der Waals surface area contributed by atoms with E-state index in [0.717, 1.165) is 0 Å². The normalized spacial score (nSPS) is 11.4. The molecule has 0 atom stereocenters. The number of halogens is 1. The molecule has 1 rings (SSSR count). The van der Waals surface area contributed by atoms with E-state index in [1.165, 1.54) is 0 Å². The maximum absolute atomic E-state index is 12.5. The summed E-state index contributed by atoms with van der Waals surface area (Å²) in [6, 6.07) is 5.79. The molecule has 204 valence electrons. The van der Waals surface area contributed by atoms with Crippen LogP contribution < -0.4 is 44.2 Å². The molecule has 37 heavy (non-hydrogen) atoms. The standard InChI is InChI=1S/C25H36N6O5.HI/c1-24(2,22(33)27-12-17-35-16-8-7-11-26-5)29-19-30-25(3,4)23(34)28-13-18-36-21(32)20-9-14-31(6)15-10-20;/h7-11,14-15H,12-13,16-18H2,1-6H3,(H-,27,28,33,34);1H/p+1/b8-7+,26-11?;. The SMILES string of the molecule is C[NH+]=C/C=C/COCCNC(=O)C(C)(C)N=C=NC(C)(C)C(=O)NCCOC(=O)c1cc[n+](C)cc1.[I-]. The molecule has 11 nitrogen and oxygen atoms in total. The fraction of sp³-hybridized carbons (Fsp3) is 0.520. The van der Waals surface area contributed by atoms with E-state index in [1.54, 1.807) is 70.1 Å². The van der Waals surface area contributed by atoms with Crippen LogP contribution in [0.3, 0.4) is 0 Å². The molecule has 3 N–H and O–H groups in total. The Kier molecular flexibility index (Phi) is 16.1. The van der Waals surface area contributed by atoms with E-state index >= 15 is 0 Å². The van der Waals surface area contributed by atoms with Gasteiger partial charge in [-0.2, -0.15) is 0 Å². The van der Waals surface area contributed by atoms with Crippen molar-refractivity contribution >= 4 is 30.0 Å². The third-order valence-corrected chi connectivity index (χ3v) is 4.75. The molecule has 0 aliphatic carbocycles. The lowest BCUT2D eigenvalue weighted by Gasteiger charge is -2.19. The first-order valence-corrected chi connectivity index (χ1v) is 11.6. The van der Waals surface area contributed by atoms with Crippen molar-refractivity contribution in [1.82, 2.24) is 10.6 Å². The molecule has 0 saturated heterocycles. The summed E-state index contributed by atoms with van der Waals surface area (Å²) in [5, 5.41) is 5.41. The number of ether oxygens (including phenoxy) is 2. The first-order chi connectivity index (χ1) is 17.0. The van der Waals surface area contributed by atoms with Gasteiger partial charge in [0.15, 0.2) is 18.6 Å². The monoisotopic (exact) mass is 629 g/mol. The van der Waals surface area contributed by atoms with Crippen molar-refractivity contribution < 1.29 is 57.4 Å². The average molecular weight is 630 g/mol. The van der Waals surface area contributed by atoms with Crippen molar-refractivity contribution in [1.29, 1.82) is 0 Å². The highest BCUT2D eigenvalue weighted by molar-refractivity contribution is 5.89. The summed E-state index contributed by atoms with van der Waals surface area (Å²) < 4.78 is 12.4. The minimum absolute atomic E-state index is 0. The van der Waals surface area contributed by atoms with Crippen LogP contribution in [-0.2, 0) is 26.1 Å². The molecule has 0 unspecified atom stereocenters. The van der Waals surface area contributed by atoms with E-state index in [-0.39, 0.29) is 43.0 Å². The molecule has 0 saturated carbocycles. The van der Waals surface area contributed by atoms with Gasteiger partial charge in [-0.1, -0.05) is 6.08 Å². The summed E-state index contributed by atoms with van der Waals surface area (Å²) in [5.74, 6) is -1.18. The Morgan fingerprint density at radius 1 is 1.03 bits per heavy atom. The Labute approximate surface area is 235 Å². The average Bonchev–Trinajstić information content (AvgIpc) is 2.83. The minimum atomic E-state index is -1.18. The number of carbonyl (C=O) groups is 3. The number of carbonyl (C=O) groups excluding carboxylic acids is 3. The number of hydrogen-bond acceptors (Lipinski definition) is 7. The summed E-state index contributed by atoms with van der Waals surface area (Å²) in [5.41, 5.74) is -1.88. The van der Waals surface area contributed by atoms with Gasteiger partial charge < -0.3 is 44.1 Å². The fourth-order valence-corrected chi connectivity index (χ4v) is 2.45. The number of aryl methyl sites for hydroxylation is 1. The van der Waals surface area contributed by atoms with Gasteiger partial charge >= 0.3 is 5.97 Å². The predicted molar refractivity (Wildman–Crippen MR) is 135 cm³/mol. The zero-order valence-electron chi connectivity index (χ0n) is 22.3. The maximum Gasteiger partial charge on any atom is 0.338 e. The molecule has 0 bridgehead atoms. The van der Waals surface area contributed by atoms with Crippen LogP contribution in [0.25, 0.3) is 0 Å². The number of nitrogens with zero attached hydrogens (tertiary/aromatic N) is 3. The lowest BCUT2D eigenvalue weighted by atomic mass is 10.1. The number of pyridine rings is 1. The van der Waals surface area contributed by atoms with E-state index < -0.39 is 23.0 Å². The molecule has 1 aromatic rings. The van der Waals surface area contributed by atoms with Gasteiger partial charge in [0.05, 0.1) is 31.3 Å². The van der Waals surface area contributed by atoms with E-state index in [0.29, 0.717) is 25.3 Å². The number of allylic oxidation sites excluding steroid dienone is 1. The fourth-order valence-electron chi connectivity index (χ4n) is 2.45. The van der Waals surface area contributed by atoms with Crippen molar-refractivity contribution in [3.8, 4) is 0 Å². The van der Waals surface area contributed by atoms with Gasteiger partial charge in [-0.05, 0) is 33.8 Å². The lowest BCUT2D eigenvalue weighted by Crippen LogP contribution is -3.00. The van der Waals surface area contributed by atoms with Crippen molar-refractivity contribution in [2.24, 2.45) is 17.0 Å². The molecule has 2 amide bonds. The lowest BCUT2D eigenvalue weighted by molar-refractivity contribution is -0.671. The molecule has 0 radical (unpaired) electrons. The van der Waals surface area contributed by atoms with Gasteiger partial charge in [0.25, 0.3) is 0 Å². The van der Waals surface area contributed by atoms with Gasteiger partial charge in [0.1, 0.15) is 31.8 Å². The van der Waals surface area contributed by atoms with Crippen LogP contribution in [0.1, 0.15) is 38.1 Å². The Balaban J connectivity index is 0.0000130. The predicted octanol–water partition coefficient (Wildman–Crippen LogP) is -4.01. The quantitative estimate of drug-likeness (QED) is 0.0634. The highest BCUT2D eigenvalue weighted by atomic mass is 127. The molecule has 1 heterocycles. The van der Waals surface area contributed by atoms with Crippen LogP contribution in [0.5, 0.6) is 0 Å². The summed E-state index contributed by atoms with van der Waals surface area (Å²) in [6.07, 6.45) is 8.94. The molecular formula is C25H38IN6O5+. The van der Waals surface area contributed by atoms with Gasteiger partial charge in [-0.15, -0.1) is 0 Å². The van der Waals surface area contributed by atoms with Crippen LogP contribution in [0.2, 0.25) is 0 Å². The molecule has 12 heteroatoms. The maximum atomic E-state index is 12.5. The second-order valence-corrected chi connectivity index (χ2v) is 8.80. The van der Waals surface area contributed by atoms with Crippen molar-refractivity contribution in [2.45, 2.75) is 38.8 Å². The number of amides is 2. The van der Waals surface area contributed by atoms with E-state index in [2.05, 4.69) is 31.6 Å². The van der Waals surface area contributed by atoms with Gasteiger partial charge in [-0.25, -0.2) is 19.3 Å². The van der Waals surface area contributed by atoms with E-state index in [9.17, 15) is 14.4 Å². The van der Waals surface area contributed by atoms with Crippen LogP contribution >= 0.6 is 0 Å². The van der Waals surface area contributed by atoms with Crippen molar-refractivity contribution in [2.75, 3.05) is 40.0 Å². The van der Waals surface area contributed by atoms with Gasteiger partial charge in [-0.3, -0.25) is 14.6 Å². The highest BCUT2D eigenvalue weighted by Gasteiger charge is 2.28. The third-order valence-electron chi connectivity index (χ3n) is 4.75. The zero-order valence-corrected chi connectivity index (χ0v) is 24.5. The first kappa shape index (κ1) is 34.0. The van der Waals surface area contributed by atoms with Crippen molar-refractivity contribution in [3.05, 3.63) is 42.2 Å². The summed E-state index contributed by atoms with van der Waals surface area (Å²) >= 11 is 0. The number of aliphatic imine (C=N–C) groups is 2. The molecule has 0 aliphatic heterocycles. The van der Waals surface area contributed by atoms with Crippen LogP contribution in [0, 0.1) is 0 Å². The second kappa shape index (κ2) is 17.5. The molecular weight excluding hydrogens is 591 g/mol. The Bertz CT molecular complexity index is 999. The smallest absolute Gasteiger partial charge is 0.338 e. The summed E-state index contributed by atoms with van der Waals surface area (Å²) in [6.45, 7) is 7.69. The Hall–Kier alpha value is -2.96. The number of nitrogens with one attached hydrogen (secondary N) is 3. The number of hydrogen-bond donors (Lipinski definition) is 3. The molecule has 0 aromatic carbocycles. The second-order valence-electron chi connectivity index (χ2n) is 8.80. The van der Waals surface area contributed by atoms with Crippen LogP contribution in [0.4, 0.5) is 0 Å². The van der Waals surface area contributed by atoms with Gasteiger partial charge in [0.2, 0.25) is 11.8 Å². The topological polar surface area (TPSA) is 136 Å². The van der Waals surface area contributed by atoms with E-state index in [4.69, 9.17) is 9.47 Å². The molecule has 0 spiro atoms. The summed E-state index contributed by atoms with van der Waals surface area (Å²) in [7, 11) is 3.65. The molecule has 1 aromatic heterocycles. The minimum Gasteiger partial charge on any atom is -1.00 e. The largest absolute Gasteiger partial charge is 1.00 e. The van der Waals surface area contributed by atoms with Crippen LogP contribution in [0.15, 0.2) is 46.7 Å². The number of rotatable bonds is 14. The Morgan fingerprint density at radius 2 is 1.57 bits per heavy atom. The van der Waals surface area contributed by atoms with Crippen LogP contribution in [-0.4, -0.2) is 81.0 Å².